The highest BCUT2D eigenvalue weighted by atomic mass is 35.5. The van der Waals surface area contributed by atoms with E-state index in [4.69, 9.17) is 11.6 Å². The van der Waals surface area contributed by atoms with Gasteiger partial charge in [0.1, 0.15) is 11.9 Å². The lowest BCUT2D eigenvalue weighted by molar-refractivity contribution is -0.118. The van der Waals surface area contributed by atoms with Crippen LogP contribution in [-0.4, -0.2) is 29.9 Å². The summed E-state index contributed by atoms with van der Waals surface area (Å²) in [4.78, 5) is 18.6. The van der Waals surface area contributed by atoms with Crippen LogP contribution in [0.4, 0.5) is 10.1 Å². The lowest BCUT2D eigenvalue weighted by Crippen LogP contribution is -2.55. The summed E-state index contributed by atoms with van der Waals surface area (Å²) in [5.74, 6) is -1.17. The molecular weight excluding hydrogens is 453 g/mol. The highest BCUT2D eigenvalue weighted by molar-refractivity contribution is 7.87. The van der Waals surface area contributed by atoms with Crippen molar-refractivity contribution < 1.29 is 17.6 Å². The smallest absolute Gasteiger partial charge is 0.278 e. The van der Waals surface area contributed by atoms with Crippen molar-refractivity contribution in [1.82, 2.24) is 19.0 Å². The van der Waals surface area contributed by atoms with Crippen LogP contribution in [0.2, 0.25) is 5.02 Å². The molecule has 3 aromatic rings. The number of nitrogens with one attached hydrogen (secondary N) is 3. The highest BCUT2D eigenvalue weighted by Crippen LogP contribution is 2.34. The molecule has 1 fully saturated rings. The quantitative estimate of drug-likeness (QED) is 0.546. The lowest BCUT2D eigenvalue weighted by atomic mass is 10.1. The molecule has 1 saturated heterocycles. The van der Waals surface area contributed by atoms with Crippen LogP contribution in [0.3, 0.4) is 0 Å². The summed E-state index contributed by atoms with van der Waals surface area (Å²) in [6.45, 7) is 0. The van der Waals surface area contributed by atoms with Crippen molar-refractivity contribution in [2.45, 2.75) is 18.5 Å². The van der Waals surface area contributed by atoms with Gasteiger partial charge >= 0.3 is 0 Å². The highest BCUT2D eigenvalue weighted by Gasteiger charge is 2.36. The van der Waals surface area contributed by atoms with Gasteiger partial charge in [-0.15, -0.1) is 11.3 Å². The number of benzene rings is 1. The topological polar surface area (TPSA) is 105 Å². The Morgan fingerprint density at radius 1 is 1.33 bits per heavy atom. The maximum absolute atomic E-state index is 13.3. The summed E-state index contributed by atoms with van der Waals surface area (Å²) in [6, 6.07) is 5.84. The van der Waals surface area contributed by atoms with Gasteiger partial charge in [-0.1, -0.05) is 11.6 Å². The van der Waals surface area contributed by atoms with Crippen LogP contribution in [-0.2, 0) is 22.1 Å². The Morgan fingerprint density at radius 3 is 2.83 bits per heavy atom. The summed E-state index contributed by atoms with van der Waals surface area (Å²) >= 11 is 7.14. The Bertz CT molecular complexity index is 1210. The van der Waals surface area contributed by atoms with Crippen molar-refractivity contribution in [2.24, 2.45) is 7.05 Å². The number of thiophene rings is 1. The molecule has 0 spiro atoms. The zero-order chi connectivity index (χ0) is 21.5. The first-order valence-corrected chi connectivity index (χ1v) is 11.5. The van der Waals surface area contributed by atoms with Crippen LogP contribution >= 0.6 is 22.9 Å². The van der Waals surface area contributed by atoms with Gasteiger partial charge in [-0.25, -0.2) is 9.37 Å². The predicted octanol–water partition coefficient (Wildman–Crippen LogP) is 2.82. The Hall–Kier alpha value is -2.31. The van der Waals surface area contributed by atoms with E-state index >= 15 is 0 Å². The number of amides is 1. The third-order valence-electron chi connectivity index (χ3n) is 4.50. The third kappa shape index (κ3) is 4.55. The van der Waals surface area contributed by atoms with E-state index < -0.39 is 34.0 Å². The fourth-order valence-corrected chi connectivity index (χ4v) is 5.63. The molecule has 8 nitrogen and oxygen atoms in total. The monoisotopic (exact) mass is 469 g/mol. The number of hydrogen-bond acceptors (Lipinski definition) is 5. The maximum Gasteiger partial charge on any atom is 0.278 e. The van der Waals surface area contributed by atoms with E-state index in [1.165, 1.54) is 23.5 Å². The summed E-state index contributed by atoms with van der Waals surface area (Å²) in [5, 5.41) is 2.43. The molecule has 0 bridgehead atoms. The first-order chi connectivity index (χ1) is 14.2. The number of nitrogens with zero attached hydrogens (tertiary/aromatic N) is 2. The van der Waals surface area contributed by atoms with Crippen LogP contribution in [0, 0.1) is 5.82 Å². The molecule has 3 N–H and O–H groups in total. The van der Waals surface area contributed by atoms with Gasteiger partial charge in [0.25, 0.3) is 10.2 Å². The lowest BCUT2D eigenvalue weighted by Gasteiger charge is -2.29. The van der Waals surface area contributed by atoms with E-state index in [0.29, 0.717) is 0 Å². The van der Waals surface area contributed by atoms with E-state index in [0.717, 1.165) is 21.5 Å². The predicted molar refractivity (Wildman–Crippen MR) is 113 cm³/mol. The molecule has 1 aromatic carbocycles. The second kappa shape index (κ2) is 8.08. The van der Waals surface area contributed by atoms with Crippen LogP contribution in [0.15, 0.2) is 42.9 Å². The van der Waals surface area contributed by atoms with Crippen molar-refractivity contribution in [3.05, 3.63) is 58.6 Å². The van der Waals surface area contributed by atoms with Crippen LogP contribution < -0.4 is 14.8 Å². The number of hydrogen-bond donors (Lipinski definition) is 3. The molecule has 158 valence electrons. The number of carbonyl (C=O) groups is 1. The van der Waals surface area contributed by atoms with E-state index in [1.807, 2.05) is 29.9 Å². The van der Waals surface area contributed by atoms with Gasteiger partial charge in [-0.2, -0.15) is 17.9 Å². The number of anilines is 1. The average Bonchev–Trinajstić information content (AvgIpc) is 3.32. The molecular formula is C18H17ClFN5O3S2. The Balaban J connectivity index is 1.52. The molecule has 0 saturated carbocycles. The van der Waals surface area contributed by atoms with Crippen LogP contribution in [0.25, 0.3) is 10.6 Å². The van der Waals surface area contributed by atoms with E-state index in [2.05, 4.69) is 19.7 Å². The number of halogens is 2. The van der Waals surface area contributed by atoms with Crippen molar-refractivity contribution in [3.8, 4) is 10.6 Å². The van der Waals surface area contributed by atoms with Gasteiger partial charge in [0.2, 0.25) is 5.91 Å². The second-order valence-electron chi connectivity index (χ2n) is 6.82. The number of aryl methyl sites for hydroxylation is 1. The number of rotatable bonds is 4. The molecule has 1 aliphatic heterocycles. The Morgan fingerprint density at radius 2 is 2.13 bits per heavy atom. The van der Waals surface area contributed by atoms with Gasteiger partial charge in [0, 0.05) is 23.8 Å². The van der Waals surface area contributed by atoms with Gasteiger partial charge in [0.15, 0.2) is 0 Å². The minimum Gasteiger partial charge on any atom is -0.340 e. The zero-order valence-electron chi connectivity index (χ0n) is 15.6. The third-order valence-corrected chi connectivity index (χ3v) is 7.20. The molecule has 0 unspecified atom stereocenters. The standard InChI is InChI=1S/C18H17ClFN5O3S2/c1-25-8-15(21-9-25)17-5-4-16(29-17)13-7-14(24-30(27,28)23-13)18(26)22-10-2-3-12(20)11(19)6-10/h2-6,8-9,13-14,23-24H,7H2,1H3,(H,22,26)/t13-,14+/m0/s1. The van der Waals surface area contributed by atoms with Crippen molar-refractivity contribution in [2.75, 3.05) is 5.32 Å². The van der Waals surface area contributed by atoms with E-state index in [1.54, 1.807) is 6.33 Å². The molecule has 3 heterocycles. The minimum atomic E-state index is -3.89. The molecule has 4 rings (SSSR count). The summed E-state index contributed by atoms with van der Waals surface area (Å²) in [5.41, 5.74) is 1.06. The largest absolute Gasteiger partial charge is 0.340 e. The first-order valence-electron chi connectivity index (χ1n) is 8.84. The SMILES string of the molecule is Cn1cnc(-c2ccc([C@@H]3C[C@H](C(=O)Nc4ccc(F)c(Cl)c4)NS(=O)(=O)N3)s2)c1. The summed E-state index contributed by atoms with van der Waals surface area (Å²) < 4.78 is 44.6. The average molecular weight is 470 g/mol. The van der Waals surface area contributed by atoms with E-state index in [-0.39, 0.29) is 17.1 Å². The molecule has 30 heavy (non-hydrogen) atoms. The van der Waals surface area contributed by atoms with Crippen LogP contribution in [0.1, 0.15) is 17.3 Å². The first kappa shape index (κ1) is 20.9. The Labute approximate surface area is 181 Å². The van der Waals surface area contributed by atoms with E-state index in [9.17, 15) is 17.6 Å². The fourth-order valence-electron chi connectivity index (χ4n) is 3.10. The van der Waals surface area contributed by atoms with Crippen molar-refractivity contribution >= 4 is 44.7 Å². The molecule has 1 aliphatic rings. The van der Waals surface area contributed by atoms with Crippen molar-refractivity contribution in [1.29, 1.82) is 0 Å². The molecule has 1 amide bonds. The van der Waals surface area contributed by atoms with Crippen molar-refractivity contribution in [3.63, 3.8) is 0 Å². The zero-order valence-corrected chi connectivity index (χ0v) is 18.0. The number of carbonyl (C=O) groups excluding carboxylic acids is 1. The minimum absolute atomic E-state index is 0.141. The number of aromatic nitrogens is 2. The summed E-state index contributed by atoms with van der Waals surface area (Å²) in [7, 11) is -2.03. The van der Waals surface area contributed by atoms with Gasteiger partial charge < -0.3 is 9.88 Å². The second-order valence-corrected chi connectivity index (χ2v) is 9.83. The van der Waals surface area contributed by atoms with Crippen LogP contribution in [0.5, 0.6) is 0 Å². The molecule has 0 aliphatic carbocycles. The molecule has 0 radical (unpaired) electrons. The number of imidazole rings is 1. The van der Waals surface area contributed by atoms with Gasteiger partial charge in [-0.3, -0.25) is 4.79 Å². The molecule has 2 aromatic heterocycles. The summed E-state index contributed by atoms with van der Waals surface area (Å²) in [6.07, 6.45) is 3.75. The Kier molecular flexibility index (Phi) is 5.64. The van der Waals surface area contributed by atoms with Gasteiger partial charge in [0.05, 0.1) is 28.0 Å². The fraction of sp³-hybridized carbons (Fsp3) is 0.222. The normalized spacial score (nSPS) is 20.8. The molecule has 12 heteroatoms. The van der Waals surface area contributed by atoms with Gasteiger partial charge in [-0.05, 0) is 36.8 Å². The molecule has 2 atom stereocenters. The maximum atomic E-state index is 13.3.